The number of aromatic nitrogens is 4. The maximum absolute atomic E-state index is 6.06. The largest absolute Gasteiger partial charge is 0.458 e. The van der Waals surface area contributed by atoms with Gasteiger partial charge >= 0.3 is 0 Å². The maximum atomic E-state index is 6.06. The summed E-state index contributed by atoms with van der Waals surface area (Å²) < 4.78 is 13.5. The van der Waals surface area contributed by atoms with E-state index in [9.17, 15) is 0 Å². The molecular formula is C23H21N5O2S. The fraction of sp³-hybridized carbons (Fsp3) is 0.174. The SMILES string of the molecule is Nc1ncn(CCc2ccccc2)c2nc(SC3=COC(Cc4ccccc4)O3)nc1-2. The second-order valence-corrected chi connectivity index (χ2v) is 8.12. The molecule has 8 heteroatoms. The summed E-state index contributed by atoms with van der Waals surface area (Å²) in [5, 5.41) is 1.18. The number of ether oxygens (including phenoxy) is 2. The van der Waals surface area contributed by atoms with E-state index in [1.807, 2.05) is 41.0 Å². The van der Waals surface area contributed by atoms with Crippen LogP contribution in [0.15, 0.2) is 83.5 Å². The maximum Gasteiger partial charge on any atom is 0.245 e. The van der Waals surface area contributed by atoms with Gasteiger partial charge < -0.3 is 19.8 Å². The Hall–Kier alpha value is -3.52. The number of fused-ring (bicyclic) bond motifs is 1. The van der Waals surface area contributed by atoms with Crippen molar-refractivity contribution in [1.82, 2.24) is 19.5 Å². The van der Waals surface area contributed by atoms with Crippen molar-refractivity contribution >= 4 is 17.6 Å². The highest BCUT2D eigenvalue weighted by Gasteiger charge is 2.25. The number of imidazole rings is 1. The first-order chi connectivity index (χ1) is 15.2. The summed E-state index contributed by atoms with van der Waals surface area (Å²) >= 11 is 1.32. The van der Waals surface area contributed by atoms with Crippen LogP contribution in [0.5, 0.6) is 0 Å². The summed E-state index contributed by atoms with van der Waals surface area (Å²) in [5.41, 5.74) is 9.05. The van der Waals surface area contributed by atoms with Crippen LogP contribution < -0.4 is 5.73 Å². The summed E-state index contributed by atoms with van der Waals surface area (Å²) in [6.45, 7) is 0.734. The predicted octanol–water partition coefficient (Wildman–Crippen LogP) is 4.11. The van der Waals surface area contributed by atoms with Crippen molar-refractivity contribution in [2.75, 3.05) is 5.73 Å². The van der Waals surface area contributed by atoms with Crippen LogP contribution in [-0.2, 0) is 28.9 Å². The number of thioether (sulfide) groups is 1. The molecule has 3 aliphatic rings. The third kappa shape index (κ3) is 4.49. The summed E-state index contributed by atoms with van der Waals surface area (Å²) in [7, 11) is 0. The summed E-state index contributed by atoms with van der Waals surface area (Å²) in [5.74, 6) is 1.08. The zero-order valence-electron chi connectivity index (χ0n) is 16.7. The van der Waals surface area contributed by atoms with Gasteiger partial charge in [-0.15, -0.1) is 0 Å². The van der Waals surface area contributed by atoms with Gasteiger partial charge in [-0.2, -0.15) is 0 Å². The first-order valence-corrected chi connectivity index (χ1v) is 10.8. The molecule has 156 valence electrons. The van der Waals surface area contributed by atoms with Gasteiger partial charge in [0, 0.05) is 13.0 Å². The number of aryl methyl sites for hydroxylation is 2. The third-order valence-corrected chi connectivity index (χ3v) is 5.72. The molecule has 7 nitrogen and oxygen atoms in total. The highest BCUT2D eigenvalue weighted by atomic mass is 32.2. The van der Waals surface area contributed by atoms with E-state index in [2.05, 4.69) is 39.2 Å². The molecule has 0 aliphatic carbocycles. The quantitative estimate of drug-likeness (QED) is 0.471. The van der Waals surface area contributed by atoms with Gasteiger partial charge in [0.2, 0.25) is 6.29 Å². The smallest absolute Gasteiger partial charge is 0.245 e. The van der Waals surface area contributed by atoms with Crippen molar-refractivity contribution in [1.29, 1.82) is 0 Å². The monoisotopic (exact) mass is 431 g/mol. The molecule has 0 amide bonds. The number of anilines is 1. The van der Waals surface area contributed by atoms with Gasteiger partial charge in [-0.1, -0.05) is 60.7 Å². The van der Waals surface area contributed by atoms with Gasteiger partial charge in [0.05, 0.1) is 6.33 Å². The number of hydrogen-bond donors (Lipinski definition) is 1. The lowest BCUT2D eigenvalue weighted by Gasteiger charge is -2.11. The first-order valence-electron chi connectivity index (χ1n) is 10.0. The van der Waals surface area contributed by atoms with Crippen LogP contribution >= 0.6 is 11.8 Å². The summed E-state index contributed by atoms with van der Waals surface area (Å²) in [6.07, 6.45) is 4.52. The minimum absolute atomic E-state index is 0.350. The predicted molar refractivity (Wildman–Crippen MR) is 119 cm³/mol. The molecule has 0 saturated carbocycles. The minimum Gasteiger partial charge on any atom is -0.458 e. The van der Waals surface area contributed by atoms with Gasteiger partial charge in [0.15, 0.2) is 27.6 Å². The lowest BCUT2D eigenvalue weighted by Crippen LogP contribution is -2.11. The van der Waals surface area contributed by atoms with Crippen molar-refractivity contribution in [3.63, 3.8) is 0 Å². The molecule has 0 fully saturated rings. The molecule has 0 bridgehead atoms. The minimum atomic E-state index is -0.350. The van der Waals surface area contributed by atoms with E-state index in [1.165, 1.54) is 17.3 Å². The zero-order chi connectivity index (χ0) is 21.0. The molecule has 31 heavy (non-hydrogen) atoms. The van der Waals surface area contributed by atoms with E-state index >= 15 is 0 Å². The second-order valence-electron chi connectivity index (χ2n) is 7.15. The van der Waals surface area contributed by atoms with Crippen molar-refractivity contribution in [2.45, 2.75) is 30.8 Å². The Morgan fingerprint density at radius 3 is 2.48 bits per heavy atom. The Balaban J connectivity index is 1.27. The standard InChI is InChI=1S/C23H21N5O2S/c24-21-20-22(28(15-25-21)12-11-16-7-3-1-4-8-16)27-23(26-20)31-19-14-29-18(30-19)13-17-9-5-2-6-10-17/h1-10,14-15,18H,11-13,24H2. The van der Waals surface area contributed by atoms with E-state index in [0.717, 1.165) is 18.5 Å². The Bertz CT molecular complexity index is 1160. The summed E-state index contributed by atoms with van der Waals surface area (Å²) in [6, 6.07) is 20.4. The van der Waals surface area contributed by atoms with Crippen molar-refractivity contribution in [2.24, 2.45) is 0 Å². The average Bonchev–Trinajstić information content (AvgIpc) is 3.42. The molecule has 0 radical (unpaired) electrons. The van der Waals surface area contributed by atoms with Gasteiger partial charge in [-0.3, -0.25) is 0 Å². The van der Waals surface area contributed by atoms with Crippen molar-refractivity contribution in [3.05, 3.63) is 89.5 Å². The van der Waals surface area contributed by atoms with Gasteiger partial charge in [0.25, 0.3) is 0 Å². The average molecular weight is 432 g/mol. The molecule has 2 N–H and O–H groups in total. The fourth-order valence-electron chi connectivity index (χ4n) is 3.39. The van der Waals surface area contributed by atoms with Crippen molar-refractivity contribution < 1.29 is 9.47 Å². The van der Waals surface area contributed by atoms with Crippen LogP contribution in [0.3, 0.4) is 0 Å². The molecule has 2 aromatic rings. The van der Waals surface area contributed by atoms with Crippen LogP contribution in [0.2, 0.25) is 0 Å². The third-order valence-electron chi connectivity index (χ3n) is 4.96. The van der Waals surface area contributed by atoms with Crippen LogP contribution in [0.4, 0.5) is 5.82 Å². The Labute approximate surface area is 184 Å². The molecule has 1 unspecified atom stereocenters. The highest BCUT2D eigenvalue weighted by molar-refractivity contribution is 8.02. The number of benzene rings is 2. The molecule has 1 atom stereocenters. The Morgan fingerprint density at radius 1 is 0.968 bits per heavy atom. The summed E-state index contributed by atoms with van der Waals surface area (Å²) in [4.78, 5) is 13.5. The second kappa shape index (κ2) is 8.69. The fourth-order valence-corrected chi connectivity index (χ4v) is 4.10. The van der Waals surface area contributed by atoms with E-state index in [0.29, 0.717) is 34.0 Å². The number of hydrogen-bond acceptors (Lipinski definition) is 7. The lowest BCUT2D eigenvalue weighted by molar-refractivity contribution is -0.0236. The number of rotatable bonds is 7. The van der Waals surface area contributed by atoms with Crippen LogP contribution in [-0.4, -0.2) is 25.8 Å². The number of nitrogens with two attached hydrogens (primary N) is 1. The normalized spacial score (nSPS) is 15.5. The lowest BCUT2D eigenvalue weighted by atomic mass is 10.1. The first kappa shape index (κ1) is 19.4. The number of nitrogens with zero attached hydrogens (tertiary/aromatic N) is 4. The van der Waals surface area contributed by atoms with Crippen LogP contribution in [0, 0.1) is 0 Å². The van der Waals surface area contributed by atoms with E-state index in [1.54, 1.807) is 12.6 Å². The topological polar surface area (TPSA) is 88.1 Å². The molecule has 5 rings (SSSR count). The molecule has 0 saturated heterocycles. The number of nitrogen functional groups attached to an aromatic ring is 1. The van der Waals surface area contributed by atoms with Gasteiger partial charge in [-0.25, -0.2) is 15.0 Å². The van der Waals surface area contributed by atoms with Crippen LogP contribution in [0.1, 0.15) is 11.1 Å². The Morgan fingerprint density at radius 2 is 1.71 bits per heavy atom. The van der Waals surface area contributed by atoms with Crippen molar-refractivity contribution in [3.8, 4) is 11.5 Å². The van der Waals surface area contributed by atoms with E-state index in [-0.39, 0.29) is 6.29 Å². The molecule has 2 aromatic carbocycles. The Kier molecular flexibility index (Phi) is 5.45. The molecule has 0 aromatic heterocycles. The van der Waals surface area contributed by atoms with Gasteiger partial charge in [-0.05, 0) is 29.3 Å². The zero-order valence-corrected chi connectivity index (χ0v) is 17.5. The molecule has 3 heterocycles. The molecule has 0 spiro atoms. The van der Waals surface area contributed by atoms with Crippen LogP contribution in [0.25, 0.3) is 11.5 Å². The van der Waals surface area contributed by atoms with E-state index < -0.39 is 0 Å². The highest BCUT2D eigenvalue weighted by Crippen LogP contribution is 2.34. The van der Waals surface area contributed by atoms with E-state index in [4.69, 9.17) is 15.2 Å². The molecule has 3 aliphatic heterocycles. The van der Waals surface area contributed by atoms with Gasteiger partial charge in [0.1, 0.15) is 6.26 Å². The molecular weight excluding hydrogens is 410 g/mol.